The molecule has 144 valence electrons. The quantitative estimate of drug-likeness (QED) is 0.784. The molecule has 1 N–H and O–H groups in total. The smallest absolute Gasteiger partial charge is 0.234 e. The summed E-state index contributed by atoms with van der Waals surface area (Å²) in [4.78, 5) is 22.5. The summed E-state index contributed by atoms with van der Waals surface area (Å²) in [6.45, 7) is 4.12. The van der Waals surface area contributed by atoms with Crippen molar-refractivity contribution in [2.24, 2.45) is 9.98 Å². The van der Waals surface area contributed by atoms with Gasteiger partial charge in [0.1, 0.15) is 5.04 Å². The zero-order chi connectivity index (χ0) is 19.6. The molecular formula is C23H25N3OS. The molecule has 1 amide bonds. The van der Waals surface area contributed by atoms with E-state index in [1.54, 1.807) is 0 Å². The molecule has 0 aromatic heterocycles. The van der Waals surface area contributed by atoms with Gasteiger partial charge in [-0.3, -0.25) is 9.79 Å². The van der Waals surface area contributed by atoms with Crippen LogP contribution in [0.1, 0.15) is 42.4 Å². The summed E-state index contributed by atoms with van der Waals surface area (Å²) in [5.41, 5.74) is 4.95. The van der Waals surface area contributed by atoms with Crippen molar-refractivity contribution in [3.05, 3.63) is 65.2 Å². The van der Waals surface area contributed by atoms with E-state index in [4.69, 9.17) is 9.98 Å². The molecule has 0 saturated heterocycles. The Labute approximate surface area is 170 Å². The number of carbonyl (C=O) groups excluding carboxylic acids is 1. The number of rotatable bonds is 4. The fourth-order valence-electron chi connectivity index (χ4n) is 3.72. The predicted molar refractivity (Wildman–Crippen MR) is 119 cm³/mol. The van der Waals surface area contributed by atoms with Gasteiger partial charge in [-0.25, -0.2) is 4.99 Å². The van der Waals surface area contributed by atoms with Crippen molar-refractivity contribution in [3.8, 4) is 0 Å². The first-order valence-corrected chi connectivity index (χ1v) is 10.8. The lowest BCUT2D eigenvalue weighted by atomic mass is 10.1. The molecule has 0 atom stereocenters. The van der Waals surface area contributed by atoms with Crippen LogP contribution in [0.15, 0.2) is 58.5 Å². The van der Waals surface area contributed by atoms with Crippen molar-refractivity contribution < 1.29 is 4.79 Å². The van der Waals surface area contributed by atoms with Gasteiger partial charge in [0.15, 0.2) is 5.66 Å². The van der Waals surface area contributed by atoms with Gasteiger partial charge in [-0.1, -0.05) is 48.2 Å². The van der Waals surface area contributed by atoms with Crippen LogP contribution in [0.3, 0.4) is 0 Å². The maximum Gasteiger partial charge on any atom is 0.234 e. The summed E-state index contributed by atoms with van der Waals surface area (Å²) in [5.74, 6) is 0.309. The zero-order valence-electron chi connectivity index (χ0n) is 16.4. The molecule has 0 unspecified atom stereocenters. The monoisotopic (exact) mass is 391 g/mol. The second-order valence-corrected chi connectivity index (χ2v) is 8.53. The Balaban J connectivity index is 1.47. The van der Waals surface area contributed by atoms with E-state index in [1.165, 1.54) is 35.7 Å². The molecule has 4 rings (SSSR count). The van der Waals surface area contributed by atoms with Crippen LogP contribution in [-0.2, 0) is 4.79 Å². The molecule has 2 aromatic carbocycles. The second kappa shape index (κ2) is 7.92. The lowest BCUT2D eigenvalue weighted by Gasteiger charge is -2.14. The van der Waals surface area contributed by atoms with Gasteiger partial charge in [-0.05, 0) is 62.8 Å². The molecule has 0 radical (unpaired) electrons. The van der Waals surface area contributed by atoms with E-state index >= 15 is 0 Å². The molecule has 2 aliphatic rings. The third-order valence-electron chi connectivity index (χ3n) is 5.41. The standard InChI is InChI=1S/C23H25N3OS/c1-16-10-11-19(14-17(16)2)24-20(27)15-28-22-21(18-8-4-3-5-9-18)25-23(26-22)12-6-7-13-23/h3-5,8-11,14H,6-7,12-13,15H2,1-2H3,(H,24,27). The van der Waals surface area contributed by atoms with Crippen LogP contribution in [0.4, 0.5) is 5.69 Å². The largest absolute Gasteiger partial charge is 0.325 e. The minimum Gasteiger partial charge on any atom is -0.325 e. The summed E-state index contributed by atoms with van der Waals surface area (Å²) in [6, 6.07) is 16.2. The highest BCUT2D eigenvalue weighted by atomic mass is 32.2. The molecule has 0 bridgehead atoms. The van der Waals surface area contributed by atoms with Crippen LogP contribution >= 0.6 is 11.8 Å². The number of carbonyl (C=O) groups is 1. The van der Waals surface area contributed by atoms with Crippen molar-refractivity contribution in [2.75, 3.05) is 11.1 Å². The van der Waals surface area contributed by atoms with Crippen LogP contribution in [0.5, 0.6) is 0 Å². The molecular weight excluding hydrogens is 366 g/mol. The minimum absolute atomic E-state index is 0.0178. The highest BCUT2D eigenvalue weighted by Crippen LogP contribution is 2.40. The van der Waals surface area contributed by atoms with E-state index in [-0.39, 0.29) is 11.6 Å². The number of thioether (sulfide) groups is 1. The van der Waals surface area contributed by atoms with Crippen molar-refractivity contribution in [3.63, 3.8) is 0 Å². The number of benzene rings is 2. The third kappa shape index (κ3) is 4.04. The second-order valence-electron chi connectivity index (χ2n) is 7.57. The molecule has 1 heterocycles. The Morgan fingerprint density at radius 2 is 1.79 bits per heavy atom. The van der Waals surface area contributed by atoms with Crippen molar-refractivity contribution >= 4 is 34.1 Å². The summed E-state index contributed by atoms with van der Waals surface area (Å²) in [7, 11) is 0. The number of aliphatic imine (C=N–C) groups is 2. The Hall–Kier alpha value is -2.40. The predicted octanol–water partition coefficient (Wildman–Crippen LogP) is 5.15. The highest BCUT2D eigenvalue weighted by Gasteiger charge is 2.39. The molecule has 1 aliphatic carbocycles. The van der Waals surface area contributed by atoms with Gasteiger partial charge < -0.3 is 5.32 Å². The molecule has 2 aromatic rings. The molecule has 4 nitrogen and oxygen atoms in total. The zero-order valence-corrected chi connectivity index (χ0v) is 17.2. The van der Waals surface area contributed by atoms with Gasteiger partial charge in [0.05, 0.1) is 11.5 Å². The number of nitrogens with one attached hydrogen (secondary N) is 1. The Kier molecular flexibility index (Phi) is 5.36. The van der Waals surface area contributed by atoms with E-state index in [0.717, 1.165) is 34.8 Å². The third-order valence-corrected chi connectivity index (χ3v) is 6.38. The highest BCUT2D eigenvalue weighted by molar-refractivity contribution is 8.16. The fraction of sp³-hybridized carbons (Fsp3) is 0.348. The number of nitrogens with zero attached hydrogens (tertiary/aromatic N) is 2. The topological polar surface area (TPSA) is 53.8 Å². The number of hydrogen-bond donors (Lipinski definition) is 1. The van der Waals surface area contributed by atoms with Crippen LogP contribution in [0, 0.1) is 13.8 Å². The van der Waals surface area contributed by atoms with Gasteiger partial charge in [0, 0.05) is 11.3 Å². The molecule has 28 heavy (non-hydrogen) atoms. The molecule has 1 spiro atoms. The van der Waals surface area contributed by atoms with E-state index < -0.39 is 0 Å². The van der Waals surface area contributed by atoms with E-state index in [9.17, 15) is 4.79 Å². The average molecular weight is 392 g/mol. The van der Waals surface area contributed by atoms with E-state index in [1.807, 2.05) is 36.4 Å². The maximum absolute atomic E-state index is 12.5. The van der Waals surface area contributed by atoms with Crippen molar-refractivity contribution in [2.45, 2.75) is 45.2 Å². The summed E-state index contributed by atoms with van der Waals surface area (Å²) in [5, 5.41) is 3.89. The first-order valence-electron chi connectivity index (χ1n) is 9.80. The number of aryl methyl sites for hydroxylation is 2. The van der Waals surface area contributed by atoms with Crippen molar-refractivity contribution in [1.29, 1.82) is 0 Å². The maximum atomic E-state index is 12.5. The van der Waals surface area contributed by atoms with E-state index in [2.05, 4.69) is 31.3 Å². The van der Waals surface area contributed by atoms with Crippen LogP contribution in [0.25, 0.3) is 0 Å². The van der Waals surface area contributed by atoms with Crippen LogP contribution < -0.4 is 5.32 Å². The number of hydrogen-bond acceptors (Lipinski definition) is 4. The molecule has 1 aliphatic heterocycles. The van der Waals surface area contributed by atoms with Gasteiger partial charge in [-0.15, -0.1) is 0 Å². The molecule has 1 saturated carbocycles. The fourth-order valence-corrected chi connectivity index (χ4v) is 4.60. The summed E-state index contributed by atoms with van der Waals surface area (Å²) in [6.07, 6.45) is 4.34. The number of amides is 1. The summed E-state index contributed by atoms with van der Waals surface area (Å²) < 4.78 is 0. The van der Waals surface area contributed by atoms with Crippen molar-refractivity contribution in [1.82, 2.24) is 0 Å². The number of anilines is 1. The van der Waals surface area contributed by atoms with Crippen LogP contribution in [-0.4, -0.2) is 28.1 Å². The SMILES string of the molecule is Cc1ccc(NC(=O)CSC2=NC3(CCCC3)N=C2c2ccccc2)cc1C. The minimum atomic E-state index is -0.294. The molecule has 5 heteroatoms. The Bertz CT molecular complexity index is 944. The average Bonchev–Trinajstić information content (AvgIpc) is 3.31. The van der Waals surface area contributed by atoms with Gasteiger partial charge in [-0.2, -0.15) is 0 Å². The normalized spacial score (nSPS) is 17.5. The Morgan fingerprint density at radius 1 is 1.04 bits per heavy atom. The lowest BCUT2D eigenvalue weighted by molar-refractivity contribution is -0.113. The van der Waals surface area contributed by atoms with Gasteiger partial charge in [0.2, 0.25) is 5.91 Å². The first-order chi connectivity index (χ1) is 13.5. The van der Waals surface area contributed by atoms with Gasteiger partial charge >= 0.3 is 0 Å². The Morgan fingerprint density at radius 3 is 2.50 bits per heavy atom. The molecule has 1 fully saturated rings. The lowest BCUT2D eigenvalue weighted by Crippen LogP contribution is -2.18. The first kappa shape index (κ1) is 18.9. The van der Waals surface area contributed by atoms with E-state index in [0.29, 0.717) is 5.75 Å². The van der Waals surface area contributed by atoms with Crippen LogP contribution in [0.2, 0.25) is 0 Å². The summed E-state index contributed by atoms with van der Waals surface area (Å²) >= 11 is 1.49. The van der Waals surface area contributed by atoms with Gasteiger partial charge in [0.25, 0.3) is 0 Å².